The second-order valence-electron chi connectivity index (χ2n) is 8.34. The number of carbonyl (C=O) groups excluding carboxylic acids is 2. The predicted octanol–water partition coefficient (Wildman–Crippen LogP) is 3.00. The maximum atomic E-state index is 12.4. The highest BCUT2D eigenvalue weighted by Gasteiger charge is 2.29. The quantitative estimate of drug-likeness (QED) is 0.299. The average molecular weight is 385 g/mol. The Balaban J connectivity index is 2.42. The maximum absolute atomic E-state index is 12.4. The van der Waals surface area contributed by atoms with Crippen LogP contribution in [-0.2, 0) is 19.1 Å². The van der Waals surface area contributed by atoms with Gasteiger partial charge in [-0.15, -0.1) is 0 Å². The molecule has 0 aromatic rings. The predicted molar refractivity (Wildman–Crippen MR) is 108 cm³/mol. The second kappa shape index (κ2) is 13.9. The van der Waals surface area contributed by atoms with E-state index in [-0.39, 0.29) is 0 Å². The number of likely N-dealkylation sites (tertiary alicyclic amines) is 1. The van der Waals surface area contributed by atoms with Crippen LogP contribution in [-0.4, -0.2) is 62.3 Å². The van der Waals surface area contributed by atoms with E-state index in [1.165, 1.54) is 19.3 Å². The fourth-order valence-corrected chi connectivity index (χ4v) is 2.95. The molecule has 0 atom stereocenters. The molecule has 0 aromatic heterocycles. The van der Waals surface area contributed by atoms with Crippen LogP contribution >= 0.6 is 0 Å². The summed E-state index contributed by atoms with van der Waals surface area (Å²) in [6, 6.07) is -1.02. The van der Waals surface area contributed by atoms with E-state index in [0.717, 1.165) is 38.9 Å². The van der Waals surface area contributed by atoms with Gasteiger partial charge in [0.15, 0.2) is 0 Å². The number of piperidine rings is 1. The average Bonchev–Trinajstić information content (AvgIpc) is 2.61. The molecule has 1 rings (SSSR count). The molecular weight excluding hydrogens is 344 g/mol. The van der Waals surface area contributed by atoms with E-state index >= 15 is 0 Å². The van der Waals surface area contributed by atoms with Crippen LogP contribution in [0.4, 0.5) is 0 Å². The van der Waals surface area contributed by atoms with Gasteiger partial charge in [0.05, 0.1) is 13.2 Å². The van der Waals surface area contributed by atoms with E-state index in [4.69, 9.17) is 9.47 Å². The van der Waals surface area contributed by atoms with Crippen LogP contribution in [0.5, 0.6) is 0 Å². The first-order valence-electron chi connectivity index (χ1n) is 10.7. The fourth-order valence-electron chi connectivity index (χ4n) is 2.95. The van der Waals surface area contributed by atoms with Gasteiger partial charge in [0.1, 0.15) is 0 Å². The van der Waals surface area contributed by atoms with E-state index < -0.39 is 18.0 Å². The van der Waals surface area contributed by atoms with Crippen LogP contribution in [0.1, 0.15) is 66.2 Å². The molecule has 6 heteroatoms. The highest BCUT2D eigenvalue weighted by atomic mass is 16.6. The van der Waals surface area contributed by atoms with Crippen molar-refractivity contribution in [2.45, 2.75) is 72.3 Å². The van der Waals surface area contributed by atoms with Crippen LogP contribution in [0.15, 0.2) is 0 Å². The molecule has 1 heterocycles. The number of hydrogen-bond acceptors (Lipinski definition) is 6. The fraction of sp³-hybridized carbons (Fsp3) is 0.905. The molecule has 1 saturated heterocycles. The van der Waals surface area contributed by atoms with Crippen molar-refractivity contribution in [3.63, 3.8) is 0 Å². The van der Waals surface area contributed by atoms with E-state index in [1.54, 1.807) is 0 Å². The molecule has 6 nitrogen and oxygen atoms in total. The normalized spacial score (nSPS) is 15.5. The van der Waals surface area contributed by atoms with Gasteiger partial charge in [0.2, 0.25) is 6.04 Å². The number of rotatable bonds is 13. The lowest BCUT2D eigenvalue weighted by Gasteiger charge is -2.26. The zero-order valence-electron chi connectivity index (χ0n) is 17.8. The number of esters is 2. The molecule has 27 heavy (non-hydrogen) atoms. The molecule has 0 aliphatic carbocycles. The maximum Gasteiger partial charge on any atom is 0.334 e. The number of hydrogen-bond donors (Lipinski definition) is 1. The molecular formula is C21H40N2O4. The molecule has 0 saturated carbocycles. The molecule has 0 bridgehead atoms. The molecule has 1 fully saturated rings. The number of nitrogens with one attached hydrogen (secondary N) is 1. The minimum atomic E-state index is -1.02. The molecule has 0 spiro atoms. The topological polar surface area (TPSA) is 67.9 Å². The summed E-state index contributed by atoms with van der Waals surface area (Å²) in [5, 5.41) is 3.06. The van der Waals surface area contributed by atoms with Gasteiger partial charge < -0.3 is 14.4 Å². The summed E-state index contributed by atoms with van der Waals surface area (Å²) in [6.07, 6.45) is 6.32. The van der Waals surface area contributed by atoms with Gasteiger partial charge in [-0.1, -0.05) is 34.1 Å². The van der Waals surface area contributed by atoms with Crippen molar-refractivity contribution in [1.29, 1.82) is 0 Å². The van der Waals surface area contributed by atoms with Crippen LogP contribution in [0.25, 0.3) is 0 Å². The highest BCUT2D eigenvalue weighted by Crippen LogP contribution is 2.09. The van der Waals surface area contributed by atoms with Crippen LogP contribution in [0.2, 0.25) is 0 Å². The smallest absolute Gasteiger partial charge is 0.334 e. The van der Waals surface area contributed by atoms with Gasteiger partial charge in [-0.25, -0.2) is 9.59 Å². The lowest BCUT2D eigenvalue weighted by Crippen LogP contribution is -2.46. The van der Waals surface area contributed by atoms with Crippen molar-refractivity contribution in [2.24, 2.45) is 11.8 Å². The van der Waals surface area contributed by atoms with Crippen LogP contribution < -0.4 is 5.32 Å². The summed E-state index contributed by atoms with van der Waals surface area (Å²) in [5.74, 6) is -0.148. The third kappa shape index (κ3) is 11.3. The lowest BCUT2D eigenvalue weighted by atomic mass is 10.1. The molecule has 1 N–H and O–H groups in total. The molecule has 1 aliphatic heterocycles. The largest absolute Gasteiger partial charge is 0.464 e. The summed E-state index contributed by atoms with van der Waals surface area (Å²) in [7, 11) is 0. The second-order valence-corrected chi connectivity index (χ2v) is 8.34. The summed E-state index contributed by atoms with van der Waals surface area (Å²) in [5.41, 5.74) is 0. The van der Waals surface area contributed by atoms with Crippen molar-refractivity contribution in [1.82, 2.24) is 10.2 Å². The Bertz CT molecular complexity index is 394. The van der Waals surface area contributed by atoms with Crippen molar-refractivity contribution < 1.29 is 19.1 Å². The first-order valence-corrected chi connectivity index (χ1v) is 10.7. The Hall–Kier alpha value is -1.14. The molecule has 158 valence electrons. The zero-order chi connectivity index (χ0) is 20.1. The first-order chi connectivity index (χ1) is 12.9. The number of carbonyl (C=O) groups is 2. The van der Waals surface area contributed by atoms with Crippen LogP contribution in [0, 0.1) is 11.8 Å². The molecule has 1 aliphatic rings. The monoisotopic (exact) mass is 384 g/mol. The molecule has 0 aromatic carbocycles. The van der Waals surface area contributed by atoms with Gasteiger partial charge in [0.25, 0.3) is 0 Å². The number of ether oxygens (including phenoxy) is 2. The molecule has 0 radical (unpaired) electrons. The van der Waals surface area contributed by atoms with Crippen LogP contribution in [0.3, 0.4) is 0 Å². The van der Waals surface area contributed by atoms with Crippen molar-refractivity contribution in [2.75, 3.05) is 39.4 Å². The van der Waals surface area contributed by atoms with Gasteiger partial charge >= 0.3 is 11.9 Å². The van der Waals surface area contributed by atoms with Gasteiger partial charge in [-0.05, 0) is 70.1 Å². The van der Waals surface area contributed by atoms with Crippen molar-refractivity contribution in [3.8, 4) is 0 Å². The Labute approximate surface area is 165 Å². The zero-order valence-corrected chi connectivity index (χ0v) is 17.8. The lowest BCUT2D eigenvalue weighted by molar-refractivity contribution is -0.158. The minimum absolute atomic E-state index is 0.335. The Kier molecular flexibility index (Phi) is 12.3. The van der Waals surface area contributed by atoms with E-state index in [2.05, 4.69) is 37.9 Å². The van der Waals surface area contributed by atoms with Gasteiger partial charge in [-0.3, -0.25) is 5.32 Å². The van der Waals surface area contributed by atoms with E-state index in [1.807, 2.05) is 0 Å². The third-order valence-electron chi connectivity index (χ3n) is 4.80. The summed E-state index contributed by atoms with van der Waals surface area (Å²) < 4.78 is 10.6. The molecule has 0 amide bonds. The van der Waals surface area contributed by atoms with Gasteiger partial charge in [0, 0.05) is 0 Å². The third-order valence-corrected chi connectivity index (χ3v) is 4.80. The van der Waals surface area contributed by atoms with Crippen molar-refractivity contribution >= 4 is 11.9 Å². The van der Waals surface area contributed by atoms with E-state index in [0.29, 0.717) is 31.6 Å². The Morgan fingerprint density at radius 3 is 1.89 bits per heavy atom. The molecule has 0 unspecified atom stereocenters. The Morgan fingerprint density at radius 1 is 0.889 bits per heavy atom. The van der Waals surface area contributed by atoms with Crippen molar-refractivity contribution in [3.05, 3.63) is 0 Å². The number of nitrogens with zero attached hydrogens (tertiary/aromatic N) is 1. The Morgan fingerprint density at radius 2 is 1.41 bits per heavy atom. The van der Waals surface area contributed by atoms with E-state index in [9.17, 15) is 9.59 Å². The summed E-state index contributed by atoms with van der Waals surface area (Å²) >= 11 is 0. The first kappa shape index (κ1) is 23.9. The van der Waals surface area contributed by atoms with Gasteiger partial charge in [-0.2, -0.15) is 0 Å². The minimum Gasteiger partial charge on any atom is -0.464 e. The standard InChI is InChI=1S/C21H40N2O4/c1-17(2)9-15-26-20(24)19(21(25)27-16-10-18(3)4)22-11-8-14-23-12-6-5-7-13-23/h17-19,22H,5-16H2,1-4H3. The SMILES string of the molecule is CC(C)CCOC(=O)C(NCCCN1CCCCC1)C(=O)OCCC(C)C. The highest BCUT2D eigenvalue weighted by molar-refractivity contribution is 5.99. The summed E-state index contributed by atoms with van der Waals surface area (Å²) in [6.45, 7) is 12.9. The summed E-state index contributed by atoms with van der Waals surface area (Å²) in [4.78, 5) is 27.2.